The van der Waals surface area contributed by atoms with E-state index < -0.39 is 0 Å². The monoisotopic (exact) mass is 369 g/mol. The summed E-state index contributed by atoms with van der Waals surface area (Å²) in [5, 5.41) is 7.14. The average Bonchev–Trinajstić information content (AvgIpc) is 3.11. The lowest BCUT2D eigenvalue weighted by Gasteiger charge is -2.09. The average molecular weight is 369 g/mol. The van der Waals surface area contributed by atoms with Crippen molar-refractivity contribution in [2.75, 3.05) is 13.7 Å². The zero-order valence-electron chi connectivity index (χ0n) is 15.1. The molecule has 6 nitrogen and oxygen atoms in total. The number of carbonyl (C=O) groups is 1. The number of methoxy groups -OCH3 is 1. The first-order chi connectivity index (χ1) is 13.1. The van der Waals surface area contributed by atoms with Gasteiger partial charge < -0.3 is 14.8 Å². The molecule has 1 amide bonds. The Kier molecular flexibility index (Phi) is 5.71. The first-order valence-electron chi connectivity index (χ1n) is 8.51. The quantitative estimate of drug-likeness (QED) is 0.694. The van der Waals surface area contributed by atoms with Gasteiger partial charge in [-0.2, -0.15) is 5.10 Å². The van der Waals surface area contributed by atoms with Crippen molar-refractivity contribution >= 4 is 5.91 Å². The highest BCUT2D eigenvalue weighted by Gasteiger charge is 2.19. The van der Waals surface area contributed by atoms with Crippen molar-refractivity contribution in [1.82, 2.24) is 15.1 Å². The van der Waals surface area contributed by atoms with Crippen molar-refractivity contribution < 1.29 is 18.7 Å². The fraction of sp³-hybridized carbons (Fsp3) is 0.200. The van der Waals surface area contributed by atoms with E-state index in [2.05, 4.69) is 10.4 Å². The topological polar surface area (TPSA) is 65.4 Å². The van der Waals surface area contributed by atoms with Crippen LogP contribution in [0.25, 0.3) is 5.69 Å². The lowest BCUT2D eigenvalue weighted by Crippen LogP contribution is -2.24. The minimum atomic E-state index is -0.370. The summed E-state index contributed by atoms with van der Waals surface area (Å²) >= 11 is 0. The van der Waals surface area contributed by atoms with Gasteiger partial charge >= 0.3 is 0 Å². The lowest BCUT2D eigenvalue weighted by molar-refractivity contribution is 0.0941. The maximum atomic E-state index is 13.1. The highest BCUT2D eigenvalue weighted by atomic mass is 19.1. The number of nitrogens with zero attached hydrogens (tertiary/aromatic N) is 2. The minimum absolute atomic E-state index is 0.163. The van der Waals surface area contributed by atoms with E-state index >= 15 is 0 Å². The molecular weight excluding hydrogens is 349 g/mol. The van der Waals surface area contributed by atoms with E-state index in [-0.39, 0.29) is 24.0 Å². The highest BCUT2D eigenvalue weighted by molar-refractivity contribution is 5.95. The second kappa shape index (κ2) is 8.35. The summed E-state index contributed by atoms with van der Waals surface area (Å²) in [4.78, 5) is 12.6. The number of para-hydroxylation sites is 1. The third-order valence-corrected chi connectivity index (χ3v) is 3.92. The summed E-state index contributed by atoms with van der Waals surface area (Å²) in [5.41, 5.74) is 1.64. The van der Waals surface area contributed by atoms with Gasteiger partial charge in [-0.3, -0.25) is 4.79 Å². The van der Waals surface area contributed by atoms with Crippen LogP contribution in [0.5, 0.6) is 11.5 Å². The van der Waals surface area contributed by atoms with Gasteiger partial charge in [-0.25, -0.2) is 9.07 Å². The van der Waals surface area contributed by atoms with Crippen LogP contribution < -0.4 is 14.8 Å². The molecule has 1 heterocycles. The SMILES string of the molecule is CCOc1cn(-c2ccc(F)cc2)nc1C(=O)NCc1ccccc1OC. The summed E-state index contributed by atoms with van der Waals surface area (Å²) in [6, 6.07) is 13.3. The zero-order chi connectivity index (χ0) is 19.2. The van der Waals surface area contributed by atoms with Crippen LogP contribution in [0.3, 0.4) is 0 Å². The summed E-state index contributed by atoms with van der Waals surface area (Å²) in [6.45, 7) is 2.51. The van der Waals surface area contributed by atoms with E-state index in [9.17, 15) is 9.18 Å². The van der Waals surface area contributed by atoms with E-state index in [4.69, 9.17) is 9.47 Å². The Hall–Kier alpha value is -3.35. The summed E-state index contributed by atoms with van der Waals surface area (Å²) in [6.07, 6.45) is 1.61. The van der Waals surface area contributed by atoms with Crippen molar-refractivity contribution in [1.29, 1.82) is 0 Å². The number of hydrogen-bond acceptors (Lipinski definition) is 4. The van der Waals surface area contributed by atoms with Gasteiger partial charge in [0.1, 0.15) is 11.6 Å². The number of halogens is 1. The molecule has 140 valence electrons. The third-order valence-electron chi connectivity index (χ3n) is 3.92. The van der Waals surface area contributed by atoms with Crippen LogP contribution in [0.1, 0.15) is 23.0 Å². The molecule has 3 rings (SSSR count). The Labute approximate surface area is 156 Å². The molecule has 0 aliphatic rings. The van der Waals surface area contributed by atoms with Gasteiger partial charge in [0.2, 0.25) is 0 Å². The van der Waals surface area contributed by atoms with Gasteiger partial charge in [-0.15, -0.1) is 0 Å². The summed E-state index contributed by atoms with van der Waals surface area (Å²) < 4.78 is 25.4. The first kappa shape index (κ1) is 18.4. The second-order valence-corrected chi connectivity index (χ2v) is 5.69. The molecule has 0 radical (unpaired) electrons. The van der Waals surface area contributed by atoms with Gasteiger partial charge in [0.15, 0.2) is 11.4 Å². The molecule has 27 heavy (non-hydrogen) atoms. The molecule has 0 bridgehead atoms. The first-order valence-corrected chi connectivity index (χ1v) is 8.51. The van der Waals surface area contributed by atoms with E-state index in [1.807, 2.05) is 31.2 Å². The summed E-state index contributed by atoms with van der Waals surface area (Å²) in [7, 11) is 1.58. The van der Waals surface area contributed by atoms with Crippen molar-refractivity contribution in [2.45, 2.75) is 13.5 Å². The minimum Gasteiger partial charge on any atom is -0.496 e. The van der Waals surface area contributed by atoms with Crippen LogP contribution in [0.15, 0.2) is 54.7 Å². The molecule has 0 unspecified atom stereocenters. The smallest absolute Gasteiger partial charge is 0.275 e. The molecule has 0 aliphatic carbocycles. The molecule has 2 aromatic carbocycles. The maximum absolute atomic E-state index is 13.1. The standard InChI is InChI=1S/C20H20FN3O3/c1-3-27-18-13-24(16-10-8-15(21)9-11-16)23-19(18)20(25)22-12-14-6-4-5-7-17(14)26-2/h4-11,13H,3,12H2,1-2H3,(H,22,25). The fourth-order valence-electron chi connectivity index (χ4n) is 2.61. The predicted molar refractivity (Wildman–Crippen MR) is 98.9 cm³/mol. The highest BCUT2D eigenvalue weighted by Crippen LogP contribution is 2.21. The van der Waals surface area contributed by atoms with Crippen LogP contribution in [0, 0.1) is 5.82 Å². The van der Waals surface area contributed by atoms with E-state index in [0.29, 0.717) is 23.8 Å². The van der Waals surface area contributed by atoms with Gasteiger partial charge in [-0.1, -0.05) is 18.2 Å². The Morgan fingerprint density at radius 2 is 1.89 bits per heavy atom. The van der Waals surface area contributed by atoms with Crippen LogP contribution in [0.2, 0.25) is 0 Å². The number of aromatic nitrogens is 2. The Bertz CT molecular complexity index is 922. The second-order valence-electron chi connectivity index (χ2n) is 5.69. The van der Waals surface area contributed by atoms with Gasteiger partial charge in [0.05, 0.1) is 25.6 Å². The molecule has 0 saturated heterocycles. The van der Waals surface area contributed by atoms with E-state index in [1.54, 1.807) is 25.4 Å². The normalized spacial score (nSPS) is 10.5. The third kappa shape index (κ3) is 4.25. The molecular formula is C20H20FN3O3. The predicted octanol–water partition coefficient (Wildman–Crippen LogP) is 3.35. The number of ether oxygens (including phenoxy) is 2. The van der Waals surface area contributed by atoms with Crippen molar-refractivity contribution in [3.05, 3.63) is 71.8 Å². The Balaban J connectivity index is 1.81. The van der Waals surface area contributed by atoms with Crippen LogP contribution in [0.4, 0.5) is 4.39 Å². The maximum Gasteiger partial charge on any atom is 0.275 e. The van der Waals surface area contributed by atoms with Crippen molar-refractivity contribution in [2.24, 2.45) is 0 Å². The number of carbonyl (C=O) groups excluding carboxylic acids is 1. The molecule has 0 spiro atoms. The number of rotatable bonds is 7. The van der Waals surface area contributed by atoms with E-state index in [0.717, 1.165) is 5.56 Å². The lowest BCUT2D eigenvalue weighted by atomic mass is 10.2. The summed E-state index contributed by atoms with van der Waals surface area (Å²) in [5.74, 6) is 0.343. The molecule has 0 atom stereocenters. The van der Waals surface area contributed by atoms with Gasteiger partial charge in [0.25, 0.3) is 5.91 Å². The van der Waals surface area contributed by atoms with Crippen LogP contribution in [-0.4, -0.2) is 29.4 Å². The number of nitrogens with one attached hydrogen (secondary N) is 1. The molecule has 1 aromatic heterocycles. The van der Waals surface area contributed by atoms with Gasteiger partial charge in [-0.05, 0) is 37.3 Å². The molecule has 3 aromatic rings. The zero-order valence-corrected chi connectivity index (χ0v) is 15.1. The van der Waals surface area contributed by atoms with E-state index in [1.165, 1.54) is 16.8 Å². The van der Waals surface area contributed by atoms with Gasteiger partial charge in [0, 0.05) is 12.1 Å². The molecule has 7 heteroatoms. The Morgan fingerprint density at radius 1 is 1.15 bits per heavy atom. The molecule has 1 N–H and O–H groups in total. The largest absolute Gasteiger partial charge is 0.496 e. The van der Waals surface area contributed by atoms with Crippen molar-refractivity contribution in [3.8, 4) is 17.2 Å². The van der Waals surface area contributed by atoms with Crippen LogP contribution in [-0.2, 0) is 6.54 Å². The number of benzene rings is 2. The molecule has 0 fully saturated rings. The van der Waals surface area contributed by atoms with Crippen molar-refractivity contribution in [3.63, 3.8) is 0 Å². The fourth-order valence-corrected chi connectivity index (χ4v) is 2.61. The number of hydrogen-bond donors (Lipinski definition) is 1. The number of amides is 1. The molecule has 0 saturated carbocycles. The Morgan fingerprint density at radius 3 is 2.59 bits per heavy atom. The molecule has 0 aliphatic heterocycles. The van der Waals surface area contributed by atoms with Crippen LogP contribution >= 0.6 is 0 Å².